The smallest absolute Gasteiger partial charge is 0.187 e. The lowest BCUT2D eigenvalue weighted by atomic mass is 9.62. The lowest BCUT2D eigenvalue weighted by molar-refractivity contribution is 0.0641. The van der Waals surface area contributed by atoms with Gasteiger partial charge in [0.05, 0.1) is 19.2 Å². The highest BCUT2D eigenvalue weighted by Crippen LogP contribution is 2.47. The molecule has 5 rings (SSSR count). The molecule has 1 saturated heterocycles. The summed E-state index contributed by atoms with van der Waals surface area (Å²) >= 11 is 0. The van der Waals surface area contributed by atoms with Crippen LogP contribution in [0, 0.1) is 23.3 Å². The molecule has 4 nitrogen and oxygen atoms in total. The molecule has 1 aliphatic rings. The molecule has 1 fully saturated rings. The van der Waals surface area contributed by atoms with Gasteiger partial charge in [-0.1, -0.05) is 83.1 Å². The maximum Gasteiger partial charge on any atom is 0.187 e. The minimum absolute atomic E-state index is 0.250. The molecule has 0 saturated carbocycles. The van der Waals surface area contributed by atoms with Crippen molar-refractivity contribution in [1.29, 1.82) is 0 Å². The fourth-order valence-corrected chi connectivity index (χ4v) is 5.98. The van der Waals surface area contributed by atoms with E-state index in [2.05, 4.69) is 80.8 Å². The molecule has 0 atom stereocenters. The van der Waals surface area contributed by atoms with Gasteiger partial charge in [-0.3, -0.25) is 4.98 Å². The van der Waals surface area contributed by atoms with Crippen LogP contribution in [0.5, 0.6) is 5.75 Å². The molecule has 0 N–H and O–H groups in total. The predicted molar refractivity (Wildman–Crippen MR) is 154 cm³/mol. The van der Waals surface area contributed by atoms with E-state index in [1.807, 2.05) is 36.5 Å². The highest BCUT2D eigenvalue weighted by atomic mass is 16.5. The number of piperidine rings is 1. The van der Waals surface area contributed by atoms with Crippen LogP contribution in [-0.4, -0.2) is 25.2 Å². The summed E-state index contributed by atoms with van der Waals surface area (Å²) in [6.07, 6.45) is 1.92. The molecular formula is C33H35N3O. The van der Waals surface area contributed by atoms with Crippen molar-refractivity contribution >= 4 is 22.3 Å². The van der Waals surface area contributed by atoms with Crippen LogP contribution in [0.25, 0.3) is 38.0 Å². The standard InChI is InChI=1S/C33H35N3O/c1-22-32(2,3)20-36(21-33(22,4)5)26-17-13-24(14-18-26)29-19-35-30-27(9-8-10-28(30)31(29)37-7)23-11-15-25(34-6)16-12-23/h8-19,22H,20-21H2,1-5,7H3. The zero-order valence-corrected chi connectivity index (χ0v) is 22.7. The average molecular weight is 490 g/mol. The number of rotatable bonds is 4. The highest BCUT2D eigenvalue weighted by Gasteiger charge is 2.44. The molecule has 0 aliphatic carbocycles. The van der Waals surface area contributed by atoms with Crippen LogP contribution in [-0.2, 0) is 0 Å². The molecule has 0 bridgehead atoms. The summed E-state index contributed by atoms with van der Waals surface area (Å²) < 4.78 is 5.96. The topological polar surface area (TPSA) is 29.7 Å². The van der Waals surface area contributed by atoms with Gasteiger partial charge in [0.1, 0.15) is 5.75 Å². The van der Waals surface area contributed by atoms with Crippen molar-refractivity contribution in [2.24, 2.45) is 16.7 Å². The zero-order chi connectivity index (χ0) is 26.4. The molecule has 188 valence electrons. The van der Waals surface area contributed by atoms with Crippen LogP contribution in [0.4, 0.5) is 11.4 Å². The summed E-state index contributed by atoms with van der Waals surface area (Å²) in [7, 11) is 1.73. The van der Waals surface area contributed by atoms with E-state index >= 15 is 0 Å². The highest BCUT2D eigenvalue weighted by molar-refractivity contribution is 6.00. The molecule has 0 unspecified atom stereocenters. The van der Waals surface area contributed by atoms with Gasteiger partial charge >= 0.3 is 0 Å². The maximum atomic E-state index is 7.22. The molecular weight excluding hydrogens is 454 g/mol. The first-order valence-corrected chi connectivity index (χ1v) is 12.9. The fraction of sp³-hybridized carbons (Fsp3) is 0.333. The van der Waals surface area contributed by atoms with Gasteiger partial charge in [0, 0.05) is 41.5 Å². The van der Waals surface area contributed by atoms with Crippen LogP contribution in [0.1, 0.15) is 34.6 Å². The molecule has 1 aromatic heterocycles. The van der Waals surface area contributed by atoms with Crippen LogP contribution in [0.3, 0.4) is 0 Å². The molecule has 37 heavy (non-hydrogen) atoms. The summed E-state index contributed by atoms with van der Waals surface area (Å²) in [6.45, 7) is 21.3. The Hall–Kier alpha value is -3.84. The van der Waals surface area contributed by atoms with Gasteiger partial charge in [0.15, 0.2) is 5.69 Å². The van der Waals surface area contributed by atoms with Crippen molar-refractivity contribution in [2.45, 2.75) is 34.6 Å². The van der Waals surface area contributed by atoms with Crippen molar-refractivity contribution in [2.75, 3.05) is 25.1 Å². The van der Waals surface area contributed by atoms with Crippen molar-refractivity contribution in [3.05, 3.63) is 84.3 Å². The van der Waals surface area contributed by atoms with E-state index in [-0.39, 0.29) is 10.8 Å². The summed E-state index contributed by atoms with van der Waals surface area (Å²) in [4.78, 5) is 10.9. The third kappa shape index (κ3) is 4.44. The third-order valence-electron chi connectivity index (χ3n) is 8.44. The van der Waals surface area contributed by atoms with Crippen LogP contribution in [0.15, 0.2) is 72.9 Å². The minimum Gasteiger partial charge on any atom is -0.495 e. The minimum atomic E-state index is 0.250. The Labute approximate surface area is 220 Å². The van der Waals surface area contributed by atoms with Gasteiger partial charge in [0.2, 0.25) is 0 Å². The Kier molecular flexibility index (Phi) is 6.20. The van der Waals surface area contributed by atoms with Gasteiger partial charge in [-0.25, -0.2) is 4.85 Å². The summed E-state index contributed by atoms with van der Waals surface area (Å²) in [5, 5.41) is 0.976. The van der Waals surface area contributed by atoms with E-state index in [1.165, 1.54) is 5.69 Å². The van der Waals surface area contributed by atoms with Crippen molar-refractivity contribution in [3.63, 3.8) is 0 Å². The lowest BCUT2D eigenvalue weighted by Gasteiger charge is -2.53. The number of methoxy groups -OCH3 is 1. The first kappa shape index (κ1) is 24.8. The van der Waals surface area contributed by atoms with E-state index in [1.54, 1.807) is 7.11 Å². The number of hydrogen-bond acceptors (Lipinski definition) is 3. The van der Waals surface area contributed by atoms with Crippen LogP contribution in [0.2, 0.25) is 0 Å². The molecule has 1 aliphatic heterocycles. The average Bonchev–Trinajstić information content (AvgIpc) is 2.90. The largest absolute Gasteiger partial charge is 0.495 e. The normalized spacial score (nSPS) is 16.9. The Morgan fingerprint density at radius 2 is 1.46 bits per heavy atom. The predicted octanol–water partition coefficient (Wildman–Crippen LogP) is 8.64. The summed E-state index contributed by atoms with van der Waals surface area (Å²) in [5.74, 6) is 1.48. The Balaban J connectivity index is 1.51. The quantitative estimate of drug-likeness (QED) is 0.269. The Bertz CT molecular complexity index is 1460. The SMILES string of the molecule is [C-]#[N+]c1ccc(-c2cccc3c(OC)c(-c4ccc(N5CC(C)(C)C(C)C(C)(C)C5)cc4)cnc23)cc1. The second-order valence-corrected chi connectivity index (χ2v) is 11.7. The van der Waals surface area contributed by atoms with Crippen LogP contribution < -0.4 is 9.64 Å². The van der Waals surface area contributed by atoms with Crippen molar-refractivity contribution in [1.82, 2.24) is 4.98 Å². The van der Waals surface area contributed by atoms with Gasteiger partial charge in [-0.2, -0.15) is 0 Å². The Morgan fingerprint density at radius 1 is 0.865 bits per heavy atom. The van der Waals surface area contributed by atoms with Gasteiger partial charge in [0.25, 0.3) is 0 Å². The molecule has 0 amide bonds. The second kappa shape index (κ2) is 9.23. The monoisotopic (exact) mass is 489 g/mol. The number of hydrogen-bond donors (Lipinski definition) is 0. The van der Waals surface area contributed by atoms with Crippen molar-refractivity contribution in [3.8, 4) is 28.0 Å². The number of nitrogens with zero attached hydrogens (tertiary/aromatic N) is 3. The van der Waals surface area contributed by atoms with E-state index in [0.717, 1.165) is 52.0 Å². The molecule has 3 aromatic carbocycles. The number of benzene rings is 3. The molecule has 4 heteroatoms. The number of pyridine rings is 1. The number of anilines is 1. The Morgan fingerprint density at radius 3 is 2.05 bits per heavy atom. The number of fused-ring (bicyclic) bond motifs is 1. The maximum absolute atomic E-state index is 7.22. The van der Waals surface area contributed by atoms with E-state index in [0.29, 0.717) is 11.6 Å². The first-order chi connectivity index (χ1) is 17.6. The number of para-hydroxylation sites is 1. The molecule has 0 radical (unpaired) electrons. The zero-order valence-electron chi connectivity index (χ0n) is 22.7. The first-order valence-electron chi connectivity index (χ1n) is 12.9. The van der Waals surface area contributed by atoms with E-state index in [4.69, 9.17) is 16.3 Å². The third-order valence-corrected chi connectivity index (χ3v) is 8.44. The number of aromatic nitrogens is 1. The number of ether oxygens (including phenoxy) is 1. The molecule has 4 aromatic rings. The lowest BCUT2D eigenvalue weighted by Crippen LogP contribution is -2.54. The van der Waals surface area contributed by atoms with E-state index in [9.17, 15) is 0 Å². The molecule has 2 heterocycles. The summed E-state index contributed by atoms with van der Waals surface area (Å²) in [5.41, 5.74) is 7.41. The van der Waals surface area contributed by atoms with Crippen LogP contribution >= 0.6 is 0 Å². The van der Waals surface area contributed by atoms with E-state index < -0.39 is 0 Å². The second-order valence-electron chi connectivity index (χ2n) is 11.7. The molecule has 0 spiro atoms. The van der Waals surface area contributed by atoms with Gasteiger partial charge in [-0.15, -0.1) is 0 Å². The summed E-state index contributed by atoms with van der Waals surface area (Å²) in [6, 6.07) is 22.7. The fourth-order valence-electron chi connectivity index (χ4n) is 5.98. The van der Waals surface area contributed by atoms with Crippen molar-refractivity contribution < 1.29 is 4.74 Å². The van der Waals surface area contributed by atoms with Gasteiger partial charge in [-0.05, 0) is 46.1 Å². The van der Waals surface area contributed by atoms with Gasteiger partial charge < -0.3 is 9.64 Å².